The average molecular weight is 141 g/mol. The molecule has 4 heteroatoms. The molecular formula is C6H9N2O2. The van der Waals surface area contributed by atoms with Crippen LogP contribution in [-0.2, 0) is 9.59 Å². The van der Waals surface area contributed by atoms with Crippen molar-refractivity contribution in [2.24, 2.45) is 0 Å². The summed E-state index contributed by atoms with van der Waals surface area (Å²) in [4.78, 5) is 23.8. The van der Waals surface area contributed by atoms with Gasteiger partial charge in [-0.3, -0.25) is 9.59 Å². The van der Waals surface area contributed by atoms with E-state index in [0.29, 0.717) is 19.8 Å². The Bertz CT molecular complexity index is 158. The fourth-order valence-corrected chi connectivity index (χ4v) is 0.920. The minimum atomic E-state index is 0.0118. The summed E-state index contributed by atoms with van der Waals surface area (Å²) in [5.74, 6) is 0.0118. The molecule has 1 heterocycles. The molecule has 1 saturated heterocycles. The van der Waals surface area contributed by atoms with Crippen LogP contribution < -0.4 is 0 Å². The Kier molecular flexibility index (Phi) is 1.89. The minimum Gasteiger partial charge on any atom is -0.323 e. The molecule has 1 aliphatic heterocycles. The molecule has 1 rings (SSSR count). The molecule has 10 heavy (non-hydrogen) atoms. The van der Waals surface area contributed by atoms with Crippen LogP contribution in [0, 0.1) is 0 Å². The predicted octanol–water partition coefficient (Wildman–Crippen LogP) is -0.825. The van der Waals surface area contributed by atoms with Gasteiger partial charge in [0.2, 0.25) is 5.91 Å². The van der Waals surface area contributed by atoms with E-state index < -0.39 is 0 Å². The van der Waals surface area contributed by atoms with Gasteiger partial charge in [-0.25, -0.2) is 0 Å². The normalized spacial score (nSPS) is 17.7. The maximum atomic E-state index is 10.7. The topological polar surface area (TPSA) is 40.6 Å². The van der Waals surface area contributed by atoms with Gasteiger partial charge < -0.3 is 9.80 Å². The van der Waals surface area contributed by atoms with E-state index in [1.165, 1.54) is 11.8 Å². The lowest BCUT2D eigenvalue weighted by molar-refractivity contribution is -0.128. The van der Waals surface area contributed by atoms with E-state index in [2.05, 4.69) is 0 Å². The van der Waals surface area contributed by atoms with Gasteiger partial charge in [0.1, 0.15) is 0 Å². The average Bonchev–Trinajstić information content (AvgIpc) is 2.34. The number of nitrogens with zero attached hydrogens (tertiary/aromatic N) is 2. The highest BCUT2D eigenvalue weighted by Gasteiger charge is 2.20. The van der Waals surface area contributed by atoms with Crippen molar-refractivity contribution in [1.82, 2.24) is 9.80 Å². The first-order valence-electron chi connectivity index (χ1n) is 3.12. The van der Waals surface area contributed by atoms with Crippen LogP contribution in [0.25, 0.3) is 0 Å². The Morgan fingerprint density at radius 2 is 2.20 bits per heavy atom. The summed E-state index contributed by atoms with van der Waals surface area (Å²) in [6.45, 7) is 3.15. The third kappa shape index (κ3) is 1.26. The predicted molar refractivity (Wildman–Crippen MR) is 34.7 cm³/mol. The summed E-state index contributed by atoms with van der Waals surface area (Å²) in [7, 11) is 0. The molecule has 0 aromatic rings. The lowest BCUT2D eigenvalue weighted by Gasteiger charge is -2.11. The zero-order valence-corrected chi connectivity index (χ0v) is 5.83. The standard InChI is InChI=1S/C6H9N2O2/c1-6(10)8-3-2-7(4-8)5-9/h2-4H2,1H3. The van der Waals surface area contributed by atoms with E-state index in [1.807, 2.05) is 0 Å². The number of hydrogen-bond donors (Lipinski definition) is 0. The first kappa shape index (κ1) is 7.05. The molecule has 1 radical (unpaired) electrons. The van der Waals surface area contributed by atoms with Crippen LogP contribution >= 0.6 is 0 Å². The van der Waals surface area contributed by atoms with Gasteiger partial charge in [-0.1, -0.05) is 0 Å². The second-order valence-corrected chi connectivity index (χ2v) is 2.28. The van der Waals surface area contributed by atoms with Crippen LogP contribution in [0.15, 0.2) is 0 Å². The molecule has 1 aliphatic rings. The Balaban J connectivity index is 2.42. The van der Waals surface area contributed by atoms with Crippen molar-refractivity contribution in [3.05, 3.63) is 0 Å². The van der Waals surface area contributed by atoms with Crippen molar-refractivity contribution in [2.75, 3.05) is 19.8 Å². The summed E-state index contributed by atoms with van der Waals surface area (Å²) in [5.41, 5.74) is 0. The van der Waals surface area contributed by atoms with Gasteiger partial charge in [0.15, 0.2) is 0 Å². The van der Waals surface area contributed by atoms with Crippen LogP contribution in [-0.4, -0.2) is 41.9 Å². The molecule has 0 bridgehead atoms. The molecule has 0 N–H and O–H groups in total. The number of carbonyl (C=O) groups is 1. The van der Waals surface area contributed by atoms with Gasteiger partial charge in [-0.2, -0.15) is 0 Å². The molecule has 55 valence electrons. The van der Waals surface area contributed by atoms with Gasteiger partial charge in [-0.15, -0.1) is 0 Å². The number of hydrogen-bond acceptors (Lipinski definition) is 2. The molecule has 0 atom stereocenters. The van der Waals surface area contributed by atoms with E-state index in [1.54, 1.807) is 11.3 Å². The maximum absolute atomic E-state index is 10.7. The lowest BCUT2D eigenvalue weighted by atomic mass is 10.5. The highest BCUT2D eigenvalue weighted by atomic mass is 16.2. The Morgan fingerprint density at radius 3 is 2.50 bits per heavy atom. The van der Waals surface area contributed by atoms with E-state index in [4.69, 9.17) is 0 Å². The molecule has 4 nitrogen and oxygen atoms in total. The molecule has 2 amide bonds. The molecular weight excluding hydrogens is 132 g/mol. The van der Waals surface area contributed by atoms with E-state index >= 15 is 0 Å². The lowest BCUT2D eigenvalue weighted by Crippen LogP contribution is -2.28. The Morgan fingerprint density at radius 1 is 1.50 bits per heavy atom. The summed E-state index contributed by atoms with van der Waals surface area (Å²) in [5, 5.41) is 0. The zero-order chi connectivity index (χ0) is 7.56. The number of rotatable bonds is 1. The minimum absolute atomic E-state index is 0.0118. The number of amides is 2. The van der Waals surface area contributed by atoms with Gasteiger partial charge in [0.25, 0.3) is 0 Å². The monoisotopic (exact) mass is 141 g/mol. The molecule has 1 fully saturated rings. The van der Waals surface area contributed by atoms with E-state index in [-0.39, 0.29) is 5.91 Å². The van der Waals surface area contributed by atoms with Crippen molar-refractivity contribution in [2.45, 2.75) is 6.92 Å². The second-order valence-electron chi connectivity index (χ2n) is 2.28. The van der Waals surface area contributed by atoms with Gasteiger partial charge in [0, 0.05) is 20.0 Å². The largest absolute Gasteiger partial charge is 0.323 e. The fourth-order valence-electron chi connectivity index (χ4n) is 0.920. The molecule has 0 spiro atoms. The van der Waals surface area contributed by atoms with Gasteiger partial charge in [-0.05, 0) is 0 Å². The molecule has 0 saturated carbocycles. The second kappa shape index (κ2) is 2.68. The SMILES string of the molecule is CC(=O)N1CCN([C]=O)C1. The molecule has 0 unspecified atom stereocenters. The van der Waals surface area contributed by atoms with Crippen LogP contribution in [0.4, 0.5) is 0 Å². The van der Waals surface area contributed by atoms with Crippen LogP contribution in [0.1, 0.15) is 6.92 Å². The zero-order valence-electron chi connectivity index (χ0n) is 5.83. The quantitative estimate of drug-likeness (QED) is 0.478. The van der Waals surface area contributed by atoms with Gasteiger partial charge in [0.05, 0.1) is 6.67 Å². The van der Waals surface area contributed by atoms with Crippen LogP contribution in [0.5, 0.6) is 0 Å². The van der Waals surface area contributed by atoms with E-state index in [9.17, 15) is 9.59 Å². The summed E-state index contributed by atoms with van der Waals surface area (Å²) in [6, 6.07) is 0. The summed E-state index contributed by atoms with van der Waals surface area (Å²) in [6.07, 6.45) is 1.74. The fraction of sp³-hybridized carbons (Fsp3) is 0.667. The summed E-state index contributed by atoms with van der Waals surface area (Å²) < 4.78 is 0. The third-order valence-electron chi connectivity index (χ3n) is 1.56. The van der Waals surface area contributed by atoms with Crippen molar-refractivity contribution in [3.8, 4) is 0 Å². The Hall–Kier alpha value is -1.06. The highest BCUT2D eigenvalue weighted by Crippen LogP contribution is 2.01. The molecule has 0 aliphatic carbocycles. The van der Waals surface area contributed by atoms with Crippen LogP contribution in [0.2, 0.25) is 0 Å². The summed E-state index contributed by atoms with van der Waals surface area (Å²) >= 11 is 0. The third-order valence-corrected chi connectivity index (χ3v) is 1.56. The maximum Gasteiger partial charge on any atom is 0.313 e. The van der Waals surface area contributed by atoms with Crippen molar-refractivity contribution < 1.29 is 9.59 Å². The van der Waals surface area contributed by atoms with Crippen molar-refractivity contribution in [3.63, 3.8) is 0 Å². The first-order valence-corrected chi connectivity index (χ1v) is 3.12. The van der Waals surface area contributed by atoms with Crippen molar-refractivity contribution >= 4 is 12.3 Å². The smallest absolute Gasteiger partial charge is 0.313 e. The van der Waals surface area contributed by atoms with Crippen LogP contribution in [0.3, 0.4) is 0 Å². The molecule has 0 aromatic carbocycles. The first-order chi connectivity index (χ1) is 4.74. The van der Waals surface area contributed by atoms with E-state index in [0.717, 1.165) is 0 Å². The Labute approximate surface area is 59.4 Å². The van der Waals surface area contributed by atoms with Gasteiger partial charge >= 0.3 is 6.41 Å². The number of carbonyl (C=O) groups excluding carboxylic acids is 2. The molecule has 0 aromatic heterocycles. The highest BCUT2D eigenvalue weighted by molar-refractivity contribution is 5.73. The van der Waals surface area contributed by atoms with Crippen molar-refractivity contribution in [1.29, 1.82) is 0 Å².